The van der Waals surface area contributed by atoms with E-state index in [1.54, 1.807) is 0 Å². The van der Waals surface area contributed by atoms with Crippen molar-refractivity contribution >= 4 is 21.8 Å². The number of hydrogen-bond donors (Lipinski definition) is 0. The van der Waals surface area contributed by atoms with Gasteiger partial charge in [0.15, 0.2) is 0 Å². The van der Waals surface area contributed by atoms with Crippen LogP contribution in [-0.4, -0.2) is 23.9 Å². The number of likely N-dealkylation sites (tertiary alicyclic amines) is 1. The number of amides is 1. The van der Waals surface area contributed by atoms with E-state index in [0.717, 1.165) is 35.1 Å². The first-order chi connectivity index (χ1) is 8.63. The zero-order chi connectivity index (χ0) is 13.1. The zero-order valence-corrected chi connectivity index (χ0v) is 12.7. The molecule has 1 heterocycles. The lowest BCUT2D eigenvalue weighted by atomic mass is 9.95. The Morgan fingerprint density at radius 3 is 3.00 bits per heavy atom. The SMILES string of the molecule is CCC1CCCN(C(=O)c2cccc(C)c2Br)C1. The van der Waals surface area contributed by atoms with Gasteiger partial charge in [-0.3, -0.25) is 4.79 Å². The molecular formula is C15H20BrNO. The molecule has 1 fully saturated rings. The van der Waals surface area contributed by atoms with E-state index in [4.69, 9.17) is 0 Å². The lowest BCUT2D eigenvalue weighted by molar-refractivity contribution is 0.0670. The highest BCUT2D eigenvalue weighted by molar-refractivity contribution is 9.10. The standard InChI is InChI=1S/C15H20BrNO/c1-3-12-7-5-9-17(10-12)15(18)13-8-4-6-11(2)14(13)16/h4,6,8,12H,3,5,7,9-10H2,1-2H3. The molecule has 2 rings (SSSR count). The van der Waals surface area contributed by atoms with Crippen molar-refractivity contribution in [1.82, 2.24) is 4.90 Å². The molecule has 98 valence electrons. The minimum atomic E-state index is 0.170. The predicted octanol–water partition coefficient (Wildman–Crippen LogP) is 4.02. The Morgan fingerprint density at radius 1 is 1.50 bits per heavy atom. The van der Waals surface area contributed by atoms with Gasteiger partial charge < -0.3 is 4.90 Å². The summed E-state index contributed by atoms with van der Waals surface area (Å²) in [6.45, 7) is 6.04. The third-order valence-corrected chi connectivity index (χ3v) is 4.86. The second-order valence-electron chi connectivity index (χ2n) is 5.10. The molecule has 0 radical (unpaired) electrons. The molecule has 1 aliphatic heterocycles. The molecule has 2 nitrogen and oxygen atoms in total. The Hall–Kier alpha value is -0.830. The molecule has 1 atom stereocenters. The number of carbonyl (C=O) groups is 1. The molecule has 0 N–H and O–H groups in total. The molecule has 1 saturated heterocycles. The van der Waals surface area contributed by atoms with Crippen LogP contribution in [-0.2, 0) is 0 Å². The minimum absolute atomic E-state index is 0.170. The van der Waals surface area contributed by atoms with Crippen LogP contribution in [0.3, 0.4) is 0 Å². The van der Waals surface area contributed by atoms with E-state index < -0.39 is 0 Å². The van der Waals surface area contributed by atoms with Crippen LogP contribution in [0.15, 0.2) is 22.7 Å². The molecule has 0 aromatic heterocycles. The van der Waals surface area contributed by atoms with Gasteiger partial charge >= 0.3 is 0 Å². The molecule has 1 aromatic carbocycles. The maximum absolute atomic E-state index is 12.5. The summed E-state index contributed by atoms with van der Waals surface area (Å²) in [5.74, 6) is 0.843. The number of halogens is 1. The van der Waals surface area contributed by atoms with Gasteiger partial charge in [-0.25, -0.2) is 0 Å². The largest absolute Gasteiger partial charge is 0.338 e. The summed E-state index contributed by atoms with van der Waals surface area (Å²) in [5, 5.41) is 0. The van der Waals surface area contributed by atoms with Gasteiger partial charge in [-0.15, -0.1) is 0 Å². The van der Waals surface area contributed by atoms with Gasteiger partial charge in [-0.05, 0) is 53.2 Å². The minimum Gasteiger partial charge on any atom is -0.338 e. The van der Waals surface area contributed by atoms with Crippen molar-refractivity contribution in [1.29, 1.82) is 0 Å². The highest BCUT2D eigenvalue weighted by Crippen LogP contribution is 2.25. The van der Waals surface area contributed by atoms with Crippen molar-refractivity contribution < 1.29 is 4.79 Å². The average Bonchev–Trinajstić information content (AvgIpc) is 2.41. The average molecular weight is 310 g/mol. The van der Waals surface area contributed by atoms with Gasteiger partial charge in [0.25, 0.3) is 5.91 Å². The molecule has 3 heteroatoms. The summed E-state index contributed by atoms with van der Waals surface area (Å²) in [6.07, 6.45) is 3.56. The Morgan fingerprint density at radius 2 is 2.28 bits per heavy atom. The quantitative estimate of drug-likeness (QED) is 0.808. The number of piperidine rings is 1. The Kier molecular flexibility index (Phi) is 4.44. The topological polar surface area (TPSA) is 20.3 Å². The van der Waals surface area contributed by atoms with Crippen LogP contribution in [0.1, 0.15) is 42.1 Å². The van der Waals surface area contributed by atoms with Crippen molar-refractivity contribution in [3.8, 4) is 0 Å². The molecular weight excluding hydrogens is 290 g/mol. The van der Waals surface area contributed by atoms with Crippen molar-refractivity contribution in [3.63, 3.8) is 0 Å². The summed E-state index contributed by atoms with van der Waals surface area (Å²) in [4.78, 5) is 14.5. The van der Waals surface area contributed by atoms with Gasteiger partial charge in [-0.1, -0.05) is 25.5 Å². The third kappa shape index (κ3) is 2.77. The summed E-state index contributed by atoms with van der Waals surface area (Å²) in [5.41, 5.74) is 1.91. The summed E-state index contributed by atoms with van der Waals surface area (Å²) >= 11 is 3.53. The highest BCUT2D eigenvalue weighted by atomic mass is 79.9. The first-order valence-electron chi connectivity index (χ1n) is 6.68. The van der Waals surface area contributed by atoms with E-state index in [2.05, 4.69) is 22.9 Å². The highest BCUT2D eigenvalue weighted by Gasteiger charge is 2.24. The van der Waals surface area contributed by atoms with E-state index in [9.17, 15) is 4.79 Å². The molecule has 1 unspecified atom stereocenters. The van der Waals surface area contributed by atoms with Gasteiger partial charge in [-0.2, -0.15) is 0 Å². The van der Waals surface area contributed by atoms with Crippen molar-refractivity contribution in [3.05, 3.63) is 33.8 Å². The smallest absolute Gasteiger partial charge is 0.255 e. The van der Waals surface area contributed by atoms with Crippen molar-refractivity contribution in [2.75, 3.05) is 13.1 Å². The summed E-state index contributed by atoms with van der Waals surface area (Å²) in [6, 6.07) is 5.88. The fraction of sp³-hybridized carbons (Fsp3) is 0.533. The number of rotatable bonds is 2. The number of nitrogens with zero attached hydrogens (tertiary/aromatic N) is 1. The monoisotopic (exact) mass is 309 g/mol. The van der Waals surface area contributed by atoms with Gasteiger partial charge in [0.1, 0.15) is 0 Å². The van der Waals surface area contributed by atoms with Crippen LogP contribution in [0.2, 0.25) is 0 Å². The summed E-state index contributed by atoms with van der Waals surface area (Å²) < 4.78 is 0.939. The molecule has 18 heavy (non-hydrogen) atoms. The van der Waals surface area contributed by atoms with Crippen LogP contribution in [0.25, 0.3) is 0 Å². The van der Waals surface area contributed by atoms with Crippen LogP contribution in [0.5, 0.6) is 0 Å². The first kappa shape index (κ1) is 13.6. The van der Waals surface area contributed by atoms with Gasteiger partial charge in [0.2, 0.25) is 0 Å². The molecule has 0 aliphatic carbocycles. The van der Waals surface area contributed by atoms with E-state index in [-0.39, 0.29) is 5.91 Å². The maximum Gasteiger partial charge on any atom is 0.255 e. The second-order valence-corrected chi connectivity index (χ2v) is 5.90. The van der Waals surface area contributed by atoms with Gasteiger partial charge in [0, 0.05) is 17.6 Å². The lowest BCUT2D eigenvalue weighted by Crippen LogP contribution is -2.39. The third-order valence-electron chi connectivity index (χ3n) is 3.81. The molecule has 1 amide bonds. The molecule has 0 bridgehead atoms. The number of aryl methyl sites for hydroxylation is 1. The van der Waals surface area contributed by atoms with Crippen molar-refractivity contribution in [2.24, 2.45) is 5.92 Å². The molecule has 1 aromatic rings. The number of hydrogen-bond acceptors (Lipinski definition) is 1. The Bertz CT molecular complexity index is 444. The molecule has 1 aliphatic rings. The van der Waals surface area contributed by atoms with Crippen LogP contribution in [0, 0.1) is 12.8 Å². The van der Waals surface area contributed by atoms with Crippen LogP contribution < -0.4 is 0 Å². The van der Waals surface area contributed by atoms with Crippen LogP contribution in [0.4, 0.5) is 0 Å². The summed E-state index contributed by atoms with van der Waals surface area (Å²) in [7, 11) is 0. The Labute approximate surface area is 117 Å². The predicted molar refractivity (Wildman–Crippen MR) is 77.8 cm³/mol. The maximum atomic E-state index is 12.5. The van der Waals surface area contributed by atoms with Gasteiger partial charge in [0.05, 0.1) is 5.56 Å². The number of benzene rings is 1. The fourth-order valence-electron chi connectivity index (χ4n) is 2.57. The zero-order valence-electron chi connectivity index (χ0n) is 11.1. The fourth-order valence-corrected chi connectivity index (χ4v) is 3.00. The van der Waals surface area contributed by atoms with E-state index in [0.29, 0.717) is 5.92 Å². The van der Waals surface area contributed by atoms with E-state index in [1.165, 1.54) is 12.8 Å². The van der Waals surface area contributed by atoms with Crippen molar-refractivity contribution in [2.45, 2.75) is 33.1 Å². The van der Waals surface area contributed by atoms with E-state index >= 15 is 0 Å². The Balaban J connectivity index is 2.18. The van der Waals surface area contributed by atoms with Crippen LogP contribution >= 0.6 is 15.9 Å². The lowest BCUT2D eigenvalue weighted by Gasteiger charge is -2.32. The first-order valence-corrected chi connectivity index (χ1v) is 7.47. The second kappa shape index (κ2) is 5.87. The van der Waals surface area contributed by atoms with E-state index in [1.807, 2.05) is 30.0 Å². The molecule has 0 spiro atoms. The normalized spacial score (nSPS) is 19.9. The molecule has 0 saturated carbocycles. The number of carbonyl (C=O) groups excluding carboxylic acids is 1.